The minimum Gasteiger partial charge on any atom is -0.307 e. The summed E-state index contributed by atoms with van der Waals surface area (Å²) in [6.07, 6.45) is 0. The largest absolute Gasteiger partial charge is 0.307 e. The number of nitrogens with zero attached hydrogens (tertiary/aromatic N) is 2. The minimum atomic E-state index is 0.104. The molecule has 3 heteroatoms. The topological polar surface area (TPSA) is 23.6 Å². The maximum atomic E-state index is 12.5. The molecule has 0 radical (unpaired) electrons. The van der Waals surface area contributed by atoms with E-state index in [0.29, 0.717) is 13.1 Å². The van der Waals surface area contributed by atoms with Crippen LogP contribution in [0.1, 0.15) is 11.1 Å². The maximum absolute atomic E-state index is 12.5. The predicted molar refractivity (Wildman–Crippen MR) is 87.4 cm³/mol. The van der Waals surface area contributed by atoms with E-state index in [1.165, 1.54) is 5.56 Å². The van der Waals surface area contributed by atoms with Gasteiger partial charge in [0.25, 0.3) is 0 Å². The van der Waals surface area contributed by atoms with Gasteiger partial charge in [-0.25, -0.2) is 0 Å². The second-order valence-electron chi connectivity index (χ2n) is 5.54. The molecule has 2 aromatic carbocycles. The summed E-state index contributed by atoms with van der Waals surface area (Å²) in [6.45, 7) is 3.05. The van der Waals surface area contributed by atoms with Crippen LogP contribution in [0.2, 0.25) is 0 Å². The molecule has 0 bridgehead atoms. The first-order valence-electron chi connectivity index (χ1n) is 7.12. The molecule has 0 aliphatic carbocycles. The molecule has 1 amide bonds. The standard InChI is InChI=1S/C18H22N2O/c1-15-9-11-17(12-10-15)20(18(21)14-19(2)3)13-16-7-5-4-6-8-16/h4-12H,13-14H2,1-3H3. The molecule has 3 nitrogen and oxygen atoms in total. The van der Waals surface area contributed by atoms with E-state index < -0.39 is 0 Å². The highest BCUT2D eigenvalue weighted by molar-refractivity contribution is 5.94. The molecule has 0 aliphatic rings. The van der Waals surface area contributed by atoms with Crippen LogP contribution in [0.4, 0.5) is 5.69 Å². The number of carbonyl (C=O) groups excluding carboxylic acids is 1. The number of anilines is 1. The van der Waals surface area contributed by atoms with E-state index in [1.54, 1.807) is 0 Å². The summed E-state index contributed by atoms with van der Waals surface area (Å²) in [5.74, 6) is 0.104. The lowest BCUT2D eigenvalue weighted by molar-refractivity contribution is -0.119. The van der Waals surface area contributed by atoms with Gasteiger partial charge in [0.15, 0.2) is 0 Å². The molecule has 0 N–H and O–H groups in total. The molecule has 0 heterocycles. The fraction of sp³-hybridized carbons (Fsp3) is 0.278. The van der Waals surface area contributed by atoms with Crippen LogP contribution < -0.4 is 4.90 Å². The van der Waals surface area contributed by atoms with Crippen LogP contribution in [0.5, 0.6) is 0 Å². The predicted octanol–water partition coefficient (Wildman–Crippen LogP) is 3.09. The third-order valence-electron chi connectivity index (χ3n) is 3.28. The molecule has 0 aliphatic heterocycles. The summed E-state index contributed by atoms with van der Waals surface area (Å²) < 4.78 is 0. The van der Waals surface area contributed by atoms with E-state index >= 15 is 0 Å². The first-order valence-corrected chi connectivity index (χ1v) is 7.12. The molecule has 21 heavy (non-hydrogen) atoms. The van der Waals surface area contributed by atoms with Gasteiger partial charge < -0.3 is 9.80 Å². The molecular formula is C18H22N2O. The molecule has 0 atom stereocenters. The second-order valence-corrected chi connectivity index (χ2v) is 5.54. The van der Waals surface area contributed by atoms with Gasteiger partial charge in [-0.1, -0.05) is 48.0 Å². The monoisotopic (exact) mass is 282 g/mol. The van der Waals surface area contributed by atoms with Crippen LogP contribution in [0.3, 0.4) is 0 Å². The van der Waals surface area contributed by atoms with E-state index in [1.807, 2.05) is 85.4 Å². The Balaban J connectivity index is 2.25. The highest BCUT2D eigenvalue weighted by Gasteiger charge is 2.16. The van der Waals surface area contributed by atoms with Crippen LogP contribution in [0.25, 0.3) is 0 Å². The number of hydrogen-bond acceptors (Lipinski definition) is 2. The summed E-state index contributed by atoms with van der Waals surface area (Å²) in [4.78, 5) is 16.3. The maximum Gasteiger partial charge on any atom is 0.241 e. The van der Waals surface area contributed by atoms with Gasteiger partial charge in [-0.15, -0.1) is 0 Å². The van der Waals surface area contributed by atoms with Gasteiger partial charge in [0, 0.05) is 5.69 Å². The number of amides is 1. The highest BCUT2D eigenvalue weighted by atomic mass is 16.2. The van der Waals surface area contributed by atoms with Crippen molar-refractivity contribution in [3.8, 4) is 0 Å². The number of rotatable bonds is 5. The van der Waals surface area contributed by atoms with Crippen molar-refractivity contribution >= 4 is 11.6 Å². The molecule has 2 aromatic rings. The van der Waals surface area contributed by atoms with Crippen molar-refractivity contribution in [3.63, 3.8) is 0 Å². The van der Waals surface area contributed by atoms with E-state index in [-0.39, 0.29) is 5.91 Å². The lowest BCUT2D eigenvalue weighted by Gasteiger charge is -2.25. The van der Waals surface area contributed by atoms with Crippen molar-refractivity contribution in [2.45, 2.75) is 13.5 Å². The number of aryl methyl sites for hydroxylation is 1. The molecule has 0 unspecified atom stereocenters. The third-order valence-corrected chi connectivity index (χ3v) is 3.28. The van der Waals surface area contributed by atoms with Crippen LogP contribution in [-0.2, 0) is 11.3 Å². The Hall–Kier alpha value is -2.13. The quantitative estimate of drug-likeness (QED) is 0.841. The third kappa shape index (κ3) is 4.43. The van der Waals surface area contributed by atoms with Crippen molar-refractivity contribution in [2.24, 2.45) is 0 Å². The molecule has 0 fully saturated rings. The fourth-order valence-electron chi connectivity index (χ4n) is 2.17. The molecule has 0 saturated carbocycles. The average molecular weight is 282 g/mol. The van der Waals surface area contributed by atoms with Crippen molar-refractivity contribution in [1.82, 2.24) is 4.90 Å². The first kappa shape index (κ1) is 15.3. The van der Waals surface area contributed by atoms with Gasteiger partial charge in [0.1, 0.15) is 0 Å². The Labute approximate surface area is 126 Å². The van der Waals surface area contributed by atoms with E-state index in [9.17, 15) is 4.79 Å². The second kappa shape index (κ2) is 7.04. The van der Waals surface area contributed by atoms with E-state index in [2.05, 4.69) is 0 Å². The van der Waals surface area contributed by atoms with Gasteiger partial charge in [-0.05, 0) is 38.7 Å². The van der Waals surface area contributed by atoms with Crippen molar-refractivity contribution in [2.75, 3.05) is 25.5 Å². The Kier molecular flexibility index (Phi) is 5.12. The minimum absolute atomic E-state index is 0.104. The number of hydrogen-bond donors (Lipinski definition) is 0. The van der Waals surface area contributed by atoms with Gasteiger partial charge in [0.05, 0.1) is 13.1 Å². The Morgan fingerprint density at radius 2 is 1.57 bits per heavy atom. The summed E-state index contributed by atoms with van der Waals surface area (Å²) in [7, 11) is 3.82. The molecule has 0 aromatic heterocycles. The molecule has 0 spiro atoms. The zero-order valence-corrected chi connectivity index (χ0v) is 12.9. The molecule has 2 rings (SSSR count). The van der Waals surface area contributed by atoms with E-state index in [4.69, 9.17) is 0 Å². The normalized spacial score (nSPS) is 10.7. The van der Waals surface area contributed by atoms with Crippen LogP contribution in [0.15, 0.2) is 54.6 Å². The average Bonchev–Trinajstić information content (AvgIpc) is 2.46. The molecule has 0 saturated heterocycles. The zero-order valence-electron chi connectivity index (χ0n) is 12.9. The summed E-state index contributed by atoms with van der Waals surface area (Å²) in [5.41, 5.74) is 3.26. The Morgan fingerprint density at radius 1 is 0.952 bits per heavy atom. The Morgan fingerprint density at radius 3 is 2.14 bits per heavy atom. The summed E-state index contributed by atoms with van der Waals surface area (Å²) >= 11 is 0. The van der Waals surface area contributed by atoms with Crippen LogP contribution in [-0.4, -0.2) is 31.4 Å². The summed E-state index contributed by atoms with van der Waals surface area (Å²) in [5, 5.41) is 0. The van der Waals surface area contributed by atoms with E-state index in [0.717, 1.165) is 11.3 Å². The smallest absolute Gasteiger partial charge is 0.241 e. The lowest BCUT2D eigenvalue weighted by Crippen LogP contribution is -2.37. The van der Waals surface area contributed by atoms with Crippen LogP contribution in [0, 0.1) is 6.92 Å². The van der Waals surface area contributed by atoms with Crippen molar-refractivity contribution in [3.05, 3.63) is 65.7 Å². The zero-order chi connectivity index (χ0) is 15.2. The first-order chi connectivity index (χ1) is 10.1. The number of benzene rings is 2. The van der Waals surface area contributed by atoms with Gasteiger partial charge in [-0.3, -0.25) is 4.79 Å². The summed E-state index contributed by atoms with van der Waals surface area (Å²) in [6, 6.07) is 18.2. The number of likely N-dealkylation sites (N-methyl/N-ethyl adjacent to an activating group) is 1. The number of carbonyl (C=O) groups is 1. The highest BCUT2D eigenvalue weighted by Crippen LogP contribution is 2.18. The lowest BCUT2D eigenvalue weighted by atomic mass is 10.1. The van der Waals surface area contributed by atoms with Crippen molar-refractivity contribution < 1.29 is 4.79 Å². The SMILES string of the molecule is Cc1ccc(N(Cc2ccccc2)C(=O)CN(C)C)cc1. The van der Waals surface area contributed by atoms with Gasteiger partial charge in [-0.2, -0.15) is 0 Å². The van der Waals surface area contributed by atoms with Gasteiger partial charge in [0.2, 0.25) is 5.91 Å². The van der Waals surface area contributed by atoms with Crippen molar-refractivity contribution in [1.29, 1.82) is 0 Å². The fourth-order valence-corrected chi connectivity index (χ4v) is 2.17. The van der Waals surface area contributed by atoms with Crippen LogP contribution >= 0.6 is 0 Å². The molecular weight excluding hydrogens is 260 g/mol. The van der Waals surface area contributed by atoms with Gasteiger partial charge >= 0.3 is 0 Å². The molecule has 110 valence electrons. The Bertz CT molecular complexity index is 576.